The summed E-state index contributed by atoms with van der Waals surface area (Å²) in [6, 6.07) is 7.23. The average Bonchev–Trinajstić information content (AvgIpc) is 2.96. The molecule has 0 fully saturated rings. The molecular weight excluding hydrogens is 298 g/mol. The standard InChI is InChI=1S/C17H17NO5/c1-20-13-8-11-10-6-5-9(17(19)23-4)7-12(10)18-14(11)16(22-3)15(13)21-2/h5-8,18H,1-4H3. The molecule has 1 heterocycles. The third kappa shape index (κ3) is 2.23. The zero-order valence-corrected chi connectivity index (χ0v) is 13.4. The molecule has 0 aliphatic carbocycles. The summed E-state index contributed by atoms with van der Waals surface area (Å²) in [6.07, 6.45) is 0. The normalized spacial score (nSPS) is 10.8. The van der Waals surface area contributed by atoms with Gasteiger partial charge in [0.2, 0.25) is 5.75 Å². The van der Waals surface area contributed by atoms with Gasteiger partial charge in [0.05, 0.1) is 39.5 Å². The lowest BCUT2D eigenvalue weighted by molar-refractivity contribution is 0.0601. The van der Waals surface area contributed by atoms with Crippen LogP contribution in [0.5, 0.6) is 17.2 Å². The Morgan fingerprint density at radius 3 is 2.26 bits per heavy atom. The van der Waals surface area contributed by atoms with Crippen molar-refractivity contribution in [2.75, 3.05) is 28.4 Å². The molecule has 0 atom stereocenters. The molecule has 0 saturated heterocycles. The number of ether oxygens (including phenoxy) is 4. The quantitative estimate of drug-likeness (QED) is 0.749. The zero-order chi connectivity index (χ0) is 16.6. The first-order chi connectivity index (χ1) is 11.1. The summed E-state index contributed by atoms with van der Waals surface area (Å²) in [7, 11) is 6.07. The van der Waals surface area contributed by atoms with Crippen LogP contribution in [0.15, 0.2) is 24.3 Å². The molecule has 3 aromatic rings. The maximum absolute atomic E-state index is 11.7. The summed E-state index contributed by atoms with van der Waals surface area (Å²) in [4.78, 5) is 15.0. The Bertz CT molecular complexity index is 897. The van der Waals surface area contributed by atoms with Gasteiger partial charge in [0, 0.05) is 16.3 Å². The molecule has 0 radical (unpaired) electrons. The molecule has 0 spiro atoms. The fraction of sp³-hybridized carbons (Fsp3) is 0.235. The first kappa shape index (κ1) is 15.0. The Labute approximate surface area is 132 Å². The Kier molecular flexibility index (Phi) is 3.73. The molecule has 6 nitrogen and oxygen atoms in total. The number of esters is 1. The van der Waals surface area contributed by atoms with E-state index in [1.54, 1.807) is 33.5 Å². The lowest BCUT2D eigenvalue weighted by atomic mass is 10.1. The molecule has 0 amide bonds. The molecule has 0 aliphatic heterocycles. The smallest absolute Gasteiger partial charge is 0.337 e. The highest BCUT2D eigenvalue weighted by molar-refractivity contribution is 6.12. The second-order valence-electron chi connectivity index (χ2n) is 4.94. The maximum atomic E-state index is 11.7. The van der Waals surface area contributed by atoms with E-state index in [1.807, 2.05) is 12.1 Å². The highest BCUT2D eigenvalue weighted by Gasteiger charge is 2.19. The van der Waals surface area contributed by atoms with Crippen LogP contribution in [0, 0.1) is 0 Å². The topological polar surface area (TPSA) is 69.8 Å². The van der Waals surface area contributed by atoms with Gasteiger partial charge in [-0.15, -0.1) is 0 Å². The summed E-state index contributed by atoms with van der Waals surface area (Å²) in [5.41, 5.74) is 2.06. The lowest BCUT2D eigenvalue weighted by Gasteiger charge is -2.12. The second-order valence-corrected chi connectivity index (χ2v) is 4.94. The molecule has 1 aromatic heterocycles. The van der Waals surface area contributed by atoms with Crippen LogP contribution in [0.4, 0.5) is 0 Å². The van der Waals surface area contributed by atoms with Crippen molar-refractivity contribution < 1.29 is 23.7 Å². The van der Waals surface area contributed by atoms with Crippen LogP contribution in [0.1, 0.15) is 10.4 Å². The highest BCUT2D eigenvalue weighted by atomic mass is 16.5. The molecule has 1 N–H and O–H groups in total. The molecule has 0 unspecified atom stereocenters. The van der Waals surface area contributed by atoms with E-state index in [1.165, 1.54) is 7.11 Å². The van der Waals surface area contributed by atoms with Crippen LogP contribution in [-0.2, 0) is 4.74 Å². The van der Waals surface area contributed by atoms with Crippen molar-refractivity contribution >= 4 is 27.8 Å². The van der Waals surface area contributed by atoms with E-state index in [0.717, 1.165) is 21.8 Å². The molecule has 3 rings (SSSR count). The van der Waals surface area contributed by atoms with Crippen molar-refractivity contribution in [3.63, 3.8) is 0 Å². The number of aromatic amines is 1. The van der Waals surface area contributed by atoms with E-state index in [0.29, 0.717) is 22.8 Å². The van der Waals surface area contributed by atoms with E-state index >= 15 is 0 Å². The molecule has 6 heteroatoms. The number of aromatic nitrogens is 1. The van der Waals surface area contributed by atoms with Gasteiger partial charge in [-0.3, -0.25) is 0 Å². The van der Waals surface area contributed by atoms with Crippen LogP contribution in [0.3, 0.4) is 0 Å². The molecule has 2 aromatic carbocycles. The number of nitrogens with one attached hydrogen (secondary N) is 1. The molecule has 120 valence electrons. The molecular formula is C17H17NO5. The van der Waals surface area contributed by atoms with Crippen molar-refractivity contribution in [2.45, 2.75) is 0 Å². The van der Waals surface area contributed by atoms with Crippen LogP contribution in [0.25, 0.3) is 21.8 Å². The Morgan fingerprint density at radius 2 is 1.65 bits per heavy atom. The second kappa shape index (κ2) is 5.72. The summed E-state index contributed by atoms with van der Waals surface area (Å²) in [5.74, 6) is 1.27. The number of carbonyl (C=O) groups is 1. The fourth-order valence-electron chi connectivity index (χ4n) is 2.75. The van der Waals surface area contributed by atoms with Crippen molar-refractivity contribution in [2.24, 2.45) is 0 Å². The van der Waals surface area contributed by atoms with Crippen LogP contribution < -0.4 is 14.2 Å². The summed E-state index contributed by atoms with van der Waals surface area (Å²) in [6.45, 7) is 0. The van der Waals surface area contributed by atoms with Gasteiger partial charge in [0.1, 0.15) is 0 Å². The minimum atomic E-state index is -0.382. The largest absolute Gasteiger partial charge is 0.493 e. The third-order valence-electron chi connectivity index (χ3n) is 3.82. The molecule has 0 aliphatic rings. The lowest BCUT2D eigenvalue weighted by Crippen LogP contribution is -2.00. The van der Waals surface area contributed by atoms with Gasteiger partial charge in [0.25, 0.3) is 0 Å². The third-order valence-corrected chi connectivity index (χ3v) is 3.82. The number of fused-ring (bicyclic) bond motifs is 3. The number of benzene rings is 2. The van der Waals surface area contributed by atoms with Crippen LogP contribution in [-0.4, -0.2) is 39.4 Å². The fourth-order valence-corrected chi connectivity index (χ4v) is 2.75. The van der Waals surface area contributed by atoms with Crippen LogP contribution >= 0.6 is 0 Å². The predicted molar refractivity (Wildman–Crippen MR) is 86.8 cm³/mol. The average molecular weight is 315 g/mol. The maximum Gasteiger partial charge on any atom is 0.337 e. The Hall–Kier alpha value is -2.89. The minimum absolute atomic E-state index is 0.382. The summed E-state index contributed by atoms with van der Waals surface area (Å²) < 4.78 is 21.0. The number of hydrogen-bond acceptors (Lipinski definition) is 5. The number of H-pyrrole nitrogens is 1. The van der Waals surface area contributed by atoms with E-state index < -0.39 is 0 Å². The van der Waals surface area contributed by atoms with E-state index in [9.17, 15) is 4.79 Å². The van der Waals surface area contributed by atoms with Crippen molar-refractivity contribution in [1.29, 1.82) is 0 Å². The van der Waals surface area contributed by atoms with Gasteiger partial charge in [-0.2, -0.15) is 0 Å². The molecule has 0 bridgehead atoms. The first-order valence-corrected chi connectivity index (χ1v) is 6.97. The van der Waals surface area contributed by atoms with Crippen molar-refractivity contribution in [3.8, 4) is 17.2 Å². The van der Waals surface area contributed by atoms with Gasteiger partial charge < -0.3 is 23.9 Å². The number of hydrogen-bond donors (Lipinski definition) is 1. The summed E-state index contributed by atoms with van der Waals surface area (Å²) in [5, 5.41) is 1.87. The van der Waals surface area contributed by atoms with Crippen molar-refractivity contribution in [3.05, 3.63) is 29.8 Å². The number of carbonyl (C=O) groups excluding carboxylic acids is 1. The van der Waals surface area contributed by atoms with E-state index in [2.05, 4.69) is 4.98 Å². The first-order valence-electron chi connectivity index (χ1n) is 6.97. The van der Waals surface area contributed by atoms with E-state index in [-0.39, 0.29) is 5.97 Å². The monoisotopic (exact) mass is 315 g/mol. The van der Waals surface area contributed by atoms with Gasteiger partial charge in [0.15, 0.2) is 11.5 Å². The van der Waals surface area contributed by atoms with Gasteiger partial charge in [-0.25, -0.2) is 4.79 Å². The zero-order valence-electron chi connectivity index (χ0n) is 13.4. The Morgan fingerprint density at radius 1 is 0.913 bits per heavy atom. The van der Waals surface area contributed by atoms with Gasteiger partial charge in [-0.05, 0) is 18.2 Å². The Balaban J connectivity index is 2.36. The van der Waals surface area contributed by atoms with Gasteiger partial charge in [-0.1, -0.05) is 6.07 Å². The minimum Gasteiger partial charge on any atom is -0.493 e. The molecule has 23 heavy (non-hydrogen) atoms. The van der Waals surface area contributed by atoms with Crippen LogP contribution in [0.2, 0.25) is 0 Å². The molecule has 0 saturated carbocycles. The van der Waals surface area contributed by atoms with Gasteiger partial charge >= 0.3 is 5.97 Å². The predicted octanol–water partition coefficient (Wildman–Crippen LogP) is 3.13. The number of methoxy groups -OCH3 is 4. The summed E-state index contributed by atoms with van der Waals surface area (Å²) >= 11 is 0. The SMILES string of the molecule is COC(=O)c1ccc2c(c1)[nH]c1c(OC)c(OC)c(OC)cc12. The highest BCUT2D eigenvalue weighted by Crippen LogP contribution is 2.45. The van der Waals surface area contributed by atoms with Crippen molar-refractivity contribution in [1.82, 2.24) is 4.98 Å². The number of rotatable bonds is 4. The van der Waals surface area contributed by atoms with E-state index in [4.69, 9.17) is 18.9 Å².